The van der Waals surface area contributed by atoms with Gasteiger partial charge in [-0.15, -0.1) is 0 Å². The smallest absolute Gasteiger partial charge is 0.279 e. The van der Waals surface area contributed by atoms with Crippen LogP contribution in [0.25, 0.3) is 0 Å². The molecule has 2 N–H and O–H groups in total. The van der Waals surface area contributed by atoms with Crippen LogP contribution in [0.4, 0.5) is 5.69 Å². The van der Waals surface area contributed by atoms with Crippen molar-refractivity contribution in [3.8, 4) is 5.75 Å². The van der Waals surface area contributed by atoms with E-state index in [2.05, 4.69) is 21.2 Å². The Bertz CT molecular complexity index is 629. The molecule has 0 fully saturated rings. The summed E-state index contributed by atoms with van der Waals surface area (Å²) < 4.78 is 6.03. The maximum absolute atomic E-state index is 12.1. The molecule has 22 heavy (non-hydrogen) atoms. The lowest BCUT2D eigenvalue weighted by molar-refractivity contribution is -0.885. The number of carbonyl (C=O) groups is 1. The Labute approximate surface area is 139 Å². The van der Waals surface area contributed by atoms with E-state index < -0.39 is 0 Å². The summed E-state index contributed by atoms with van der Waals surface area (Å²) >= 11 is 3.42. The van der Waals surface area contributed by atoms with E-state index in [0.29, 0.717) is 6.54 Å². The summed E-state index contributed by atoms with van der Waals surface area (Å²) in [7, 11) is 3.66. The first kappa shape index (κ1) is 16.5. The molecular weight excluding hydrogens is 344 g/mol. The molecule has 0 heterocycles. The number of nitrogens with one attached hydrogen (secondary N) is 2. The summed E-state index contributed by atoms with van der Waals surface area (Å²) in [5.74, 6) is 0.839. The zero-order valence-corrected chi connectivity index (χ0v) is 14.3. The largest absolute Gasteiger partial charge is 0.497 e. The molecule has 0 spiro atoms. The fourth-order valence-corrected chi connectivity index (χ4v) is 2.57. The monoisotopic (exact) mass is 363 g/mol. The van der Waals surface area contributed by atoms with Crippen LogP contribution in [0.3, 0.4) is 0 Å². The minimum atomic E-state index is -0.00193. The predicted molar refractivity (Wildman–Crippen MR) is 91.2 cm³/mol. The summed E-state index contributed by atoms with van der Waals surface area (Å²) in [5.41, 5.74) is 1.97. The molecule has 0 radical (unpaired) electrons. The Balaban J connectivity index is 1.87. The van der Waals surface area contributed by atoms with E-state index in [-0.39, 0.29) is 5.91 Å². The van der Waals surface area contributed by atoms with Crippen molar-refractivity contribution in [3.05, 3.63) is 58.6 Å². The minimum absolute atomic E-state index is 0.00193. The van der Waals surface area contributed by atoms with Gasteiger partial charge in [-0.3, -0.25) is 4.79 Å². The number of ether oxygens (including phenoxy) is 1. The number of carbonyl (C=O) groups excluding carboxylic acids is 1. The van der Waals surface area contributed by atoms with Crippen molar-refractivity contribution in [1.29, 1.82) is 0 Å². The van der Waals surface area contributed by atoms with Crippen LogP contribution in [0.2, 0.25) is 0 Å². The van der Waals surface area contributed by atoms with Crippen molar-refractivity contribution >= 4 is 27.5 Å². The second kappa shape index (κ2) is 7.96. The van der Waals surface area contributed by atoms with Crippen LogP contribution in [-0.4, -0.2) is 26.6 Å². The predicted octanol–water partition coefficient (Wildman–Crippen LogP) is 2.11. The van der Waals surface area contributed by atoms with Crippen LogP contribution >= 0.6 is 15.9 Å². The SMILES string of the molecule is COc1ccc(C[NH+](C)CC(=O)Nc2ccccc2Br)cc1. The molecule has 2 aromatic rings. The lowest BCUT2D eigenvalue weighted by Crippen LogP contribution is -3.08. The maximum Gasteiger partial charge on any atom is 0.279 e. The third-order valence-corrected chi connectivity index (χ3v) is 3.97. The molecule has 1 unspecified atom stereocenters. The quantitative estimate of drug-likeness (QED) is 0.825. The van der Waals surface area contributed by atoms with Crippen molar-refractivity contribution in [2.75, 3.05) is 26.0 Å². The van der Waals surface area contributed by atoms with Gasteiger partial charge < -0.3 is 15.0 Å². The third-order valence-electron chi connectivity index (χ3n) is 3.28. The number of benzene rings is 2. The number of likely N-dealkylation sites (N-methyl/N-ethyl adjacent to an activating group) is 1. The van der Waals surface area contributed by atoms with Gasteiger partial charge >= 0.3 is 0 Å². The fraction of sp³-hybridized carbons (Fsp3) is 0.235. The van der Waals surface area contributed by atoms with Gasteiger partial charge in [0.05, 0.1) is 19.8 Å². The van der Waals surface area contributed by atoms with Crippen LogP contribution in [0, 0.1) is 0 Å². The topological polar surface area (TPSA) is 42.8 Å². The highest BCUT2D eigenvalue weighted by Gasteiger charge is 2.12. The van der Waals surface area contributed by atoms with Gasteiger partial charge in [-0.25, -0.2) is 0 Å². The van der Waals surface area contributed by atoms with Gasteiger partial charge in [0, 0.05) is 10.0 Å². The number of anilines is 1. The number of amides is 1. The van der Waals surface area contributed by atoms with Crippen LogP contribution in [0.5, 0.6) is 5.75 Å². The lowest BCUT2D eigenvalue weighted by Gasteiger charge is -2.14. The Kier molecular flexibility index (Phi) is 5.98. The fourth-order valence-electron chi connectivity index (χ4n) is 2.19. The van der Waals surface area contributed by atoms with Gasteiger partial charge in [-0.05, 0) is 52.3 Å². The summed E-state index contributed by atoms with van der Waals surface area (Å²) in [6.07, 6.45) is 0. The molecule has 4 nitrogen and oxygen atoms in total. The van der Waals surface area contributed by atoms with E-state index in [1.54, 1.807) is 7.11 Å². The lowest BCUT2D eigenvalue weighted by atomic mass is 10.2. The standard InChI is InChI=1S/C17H19BrN2O2/c1-20(11-13-7-9-14(22-2)10-8-13)12-17(21)19-16-6-4-3-5-15(16)18/h3-10H,11-12H2,1-2H3,(H,19,21)/p+1. The van der Waals surface area contributed by atoms with Crippen molar-refractivity contribution in [2.24, 2.45) is 0 Å². The van der Waals surface area contributed by atoms with E-state index in [1.165, 1.54) is 5.56 Å². The highest BCUT2D eigenvalue weighted by molar-refractivity contribution is 9.10. The molecule has 2 aromatic carbocycles. The zero-order chi connectivity index (χ0) is 15.9. The van der Waals surface area contributed by atoms with E-state index in [1.807, 2.05) is 55.6 Å². The van der Waals surface area contributed by atoms with Gasteiger partial charge in [-0.2, -0.15) is 0 Å². The van der Waals surface area contributed by atoms with Crippen molar-refractivity contribution < 1.29 is 14.4 Å². The number of halogens is 1. The number of rotatable bonds is 6. The highest BCUT2D eigenvalue weighted by Crippen LogP contribution is 2.20. The summed E-state index contributed by atoms with van der Waals surface area (Å²) in [6, 6.07) is 15.5. The van der Waals surface area contributed by atoms with Gasteiger partial charge in [0.2, 0.25) is 0 Å². The Hall–Kier alpha value is -1.85. The number of methoxy groups -OCH3 is 1. The van der Waals surface area contributed by atoms with Gasteiger partial charge in [0.25, 0.3) is 5.91 Å². The number of hydrogen-bond donors (Lipinski definition) is 2. The second-order valence-corrected chi connectivity index (χ2v) is 6.04. The molecule has 0 saturated carbocycles. The molecule has 0 bridgehead atoms. The number of para-hydroxylation sites is 1. The molecule has 0 aliphatic rings. The van der Waals surface area contributed by atoms with Gasteiger partial charge in [0.15, 0.2) is 6.54 Å². The van der Waals surface area contributed by atoms with Gasteiger partial charge in [0.1, 0.15) is 12.3 Å². The highest BCUT2D eigenvalue weighted by atomic mass is 79.9. The first-order chi connectivity index (χ1) is 10.6. The number of quaternary nitrogens is 1. The molecule has 0 aliphatic heterocycles. The van der Waals surface area contributed by atoms with Crippen LogP contribution in [0.15, 0.2) is 53.0 Å². The second-order valence-electron chi connectivity index (χ2n) is 5.19. The molecule has 1 amide bonds. The van der Waals surface area contributed by atoms with Crippen LogP contribution < -0.4 is 15.0 Å². The molecular formula is C17H20BrN2O2+. The maximum atomic E-state index is 12.1. The molecule has 116 valence electrons. The van der Waals surface area contributed by atoms with E-state index >= 15 is 0 Å². The average molecular weight is 364 g/mol. The zero-order valence-electron chi connectivity index (χ0n) is 12.7. The van der Waals surface area contributed by atoms with Crippen molar-refractivity contribution in [3.63, 3.8) is 0 Å². The first-order valence-corrected chi connectivity index (χ1v) is 7.86. The summed E-state index contributed by atoms with van der Waals surface area (Å²) in [5, 5.41) is 2.92. The normalized spacial score (nSPS) is 11.8. The minimum Gasteiger partial charge on any atom is -0.497 e. The molecule has 0 aromatic heterocycles. The summed E-state index contributed by atoms with van der Waals surface area (Å²) in [4.78, 5) is 13.2. The summed E-state index contributed by atoms with van der Waals surface area (Å²) in [6.45, 7) is 1.20. The Morgan fingerprint density at radius 1 is 1.18 bits per heavy atom. The molecule has 5 heteroatoms. The number of hydrogen-bond acceptors (Lipinski definition) is 2. The van der Waals surface area contributed by atoms with E-state index in [0.717, 1.165) is 27.4 Å². The van der Waals surface area contributed by atoms with E-state index in [4.69, 9.17) is 4.74 Å². The Morgan fingerprint density at radius 3 is 2.50 bits per heavy atom. The molecule has 0 saturated heterocycles. The van der Waals surface area contributed by atoms with E-state index in [9.17, 15) is 4.79 Å². The van der Waals surface area contributed by atoms with Crippen molar-refractivity contribution in [2.45, 2.75) is 6.54 Å². The Morgan fingerprint density at radius 2 is 1.86 bits per heavy atom. The molecule has 2 rings (SSSR count). The van der Waals surface area contributed by atoms with Gasteiger partial charge in [-0.1, -0.05) is 12.1 Å². The van der Waals surface area contributed by atoms with Crippen LogP contribution in [0.1, 0.15) is 5.56 Å². The first-order valence-electron chi connectivity index (χ1n) is 7.07. The van der Waals surface area contributed by atoms with Crippen molar-refractivity contribution in [1.82, 2.24) is 0 Å². The molecule has 0 aliphatic carbocycles. The third kappa shape index (κ3) is 4.86. The molecule has 1 atom stereocenters. The average Bonchev–Trinajstić information content (AvgIpc) is 2.50. The van der Waals surface area contributed by atoms with Crippen LogP contribution in [-0.2, 0) is 11.3 Å².